The molecule has 0 aliphatic heterocycles. The van der Waals surface area contributed by atoms with Gasteiger partial charge in [0.25, 0.3) is 0 Å². The molecule has 0 fully saturated rings. The SMILES string of the molecule is Cc1cc(C)c(S(=O)(=O)NCCC(=O)Nc2cc(F)cc(S(N)(=O)=O)c2)c(C)c1. The largest absolute Gasteiger partial charge is 0.326 e. The van der Waals surface area contributed by atoms with Crippen molar-refractivity contribution in [3.63, 3.8) is 0 Å². The van der Waals surface area contributed by atoms with Crippen molar-refractivity contribution in [2.75, 3.05) is 11.9 Å². The average Bonchev–Trinajstić information content (AvgIpc) is 2.51. The van der Waals surface area contributed by atoms with Gasteiger partial charge in [-0.3, -0.25) is 4.79 Å². The van der Waals surface area contributed by atoms with Gasteiger partial charge in [-0.05, 0) is 50.1 Å². The Bertz CT molecular complexity index is 1140. The normalized spacial score (nSPS) is 12.0. The van der Waals surface area contributed by atoms with E-state index in [2.05, 4.69) is 10.0 Å². The molecule has 0 heterocycles. The Kier molecular flexibility index (Phi) is 6.78. The third-order valence-corrected chi connectivity index (χ3v) is 6.66. The summed E-state index contributed by atoms with van der Waals surface area (Å²) in [7, 11) is -7.97. The van der Waals surface area contributed by atoms with Crippen LogP contribution in [-0.2, 0) is 24.8 Å². The highest BCUT2D eigenvalue weighted by molar-refractivity contribution is 7.89. The van der Waals surface area contributed by atoms with E-state index < -0.39 is 36.7 Å². The standard InChI is InChI=1S/C18H22FN3O5S2/c1-11-6-12(2)18(13(3)7-11)29(26,27)21-5-4-17(23)22-15-8-14(19)9-16(10-15)28(20,24)25/h6-10,21H,4-5H2,1-3H3,(H,22,23)(H2,20,24,25). The Morgan fingerprint density at radius 2 is 1.59 bits per heavy atom. The first-order valence-electron chi connectivity index (χ1n) is 8.50. The van der Waals surface area contributed by atoms with Crippen molar-refractivity contribution >= 4 is 31.6 Å². The summed E-state index contributed by atoms with van der Waals surface area (Å²) in [6.07, 6.45) is -0.246. The first-order valence-corrected chi connectivity index (χ1v) is 11.5. The third-order valence-electron chi connectivity index (χ3n) is 4.00. The van der Waals surface area contributed by atoms with Gasteiger partial charge >= 0.3 is 0 Å². The zero-order chi connectivity index (χ0) is 22.0. The Morgan fingerprint density at radius 1 is 1.00 bits per heavy atom. The average molecular weight is 444 g/mol. The maximum absolute atomic E-state index is 13.5. The Balaban J connectivity index is 2.05. The highest BCUT2D eigenvalue weighted by atomic mass is 32.2. The first kappa shape index (κ1) is 22.9. The Hall–Kier alpha value is -2.34. The smallest absolute Gasteiger partial charge is 0.241 e. The number of anilines is 1. The molecule has 0 bridgehead atoms. The molecule has 8 nitrogen and oxygen atoms in total. The molecule has 4 N–H and O–H groups in total. The van der Waals surface area contributed by atoms with Crippen molar-refractivity contribution in [2.24, 2.45) is 5.14 Å². The van der Waals surface area contributed by atoms with Gasteiger partial charge in [-0.15, -0.1) is 0 Å². The van der Waals surface area contributed by atoms with Gasteiger partial charge in [-0.1, -0.05) is 17.7 Å². The second-order valence-corrected chi connectivity index (χ2v) is 9.91. The molecule has 0 aliphatic rings. The highest BCUT2D eigenvalue weighted by Gasteiger charge is 2.20. The van der Waals surface area contributed by atoms with Gasteiger partial charge in [-0.2, -0.15) is 0 Å². The number of nitrogens with two attached hydrogens (primary N) is 1. The lowest BCUT2D eigenvalue weighted by atomic mass is 10.1. The van der Waals surface area contributed by atoms with Crippen molar-refractivity contribution in [3.8, 4) is 0 Å². The lowest BCUT2D eigenvalue weighted by Crippen LogP contribution is -2.29. The zero-order valence-electron chi connectivity index (χ0n) is 16.1. The van der Waals surface area contributed by atoms with Gasteiger partial charge in [0.2, 0.25) is 26.0 Å². The second-order valence-electron chi connectivity index (χ2n) is 6.64. The van der Waals surface area contributed by atoms with Crippen LogP contribution in [0.3, 0.4) is 0 Å². The van der Waals surface area contributed by atoms with Crippen LogP contribution >= 0.6 is 0 Å². The van der Waals surface area contributed by atoms with Gasteiger partial charge in [0.15, 0.2) is 0 Å². The van der Waals surface area contributed by atoms with E-state index >= 15 is 0 Å². The molecule has 0 spiro atoms. The minimum Gasteiger partial charge on any atom is -0.326 e. The van der Waals surface area contributed by atoms with Gasteiger partial charge in [0, 0.05) is 18.7 Å². The van der Waals surface area contributed by atoms with Gasteiger partial charge in [-0.25, -0.2) is 31.1 Å². The van der Waals surface area contributed by atoms with E-state index in [0.29, 0.717) is 11.1 Å². The minimum absolute atomic E-state index is 0.105. The van der Waals surface area contributed by atoms with Crippen LogP contribution in [0.2, 0.25) is 0 Å². The van der Waals surface area contributed by atoms with Crippen molar-refractivity contribution in [2.45, 2.75) is 37.0 Å². The van der Waals surface area contributed by atoms with Crippen LogP contribution in [0, 0.1) is 26.6 Å². The highest BCUT2D eigenvalue weighted by Crippen LogP contribution is 2.21. The molecule has 0 atom stereocenters. The van der Waals surface area contributed by atoms with Crippen LogP contribution in [0.15, 0.2) is 40.1 Å². The lowest BCUT2D eigenvalue weighted by Gasteiger charge is -2.13. The van der Waals surface area contributed by atoms with E-state index in [0.717, 1.165) is 23.8 Å². The van der Waals surface area contributed by atoms with Crippen molar-refractivity contribution < 1.29 is 26.0 Å². The number of rotatable bonds is 7. The Morgan fingerprint density at radius 3 is 2.14 bits per heavy atom. The van der Waals surface area contributed by atoms with Crippen LogP contribution in [-0.4, -0.2) is 29.3 Å². The van der Waals surface area contributed by atoms with Crippen molar-refractivity contribution in [3.05, 3.63) is 52.8 Å². The van der Waals surface area contributed by atoms with Crippen LogP contribution < -0.4 is 15.2 Å². The van der Waals surface area contributed by atoms with Crippen LogP contribution in [0.25, 0.3) is 0 Å². The van der Waals surface area contributed by atoms with E-state index in [1.165, 1.54) is 0 Å². The number of halogens is 1. The summed E-state index contributed by atoms with van der Waals surface area (Å²) in [6, 6.07) is 6.17. The maximum Gasteiger partial charge on any atom is 0.241 e. The molecule has 11 heteroatoms. The summed E-state index contributed by atoms with van der Waals surface area (Å²) in [5.74, 6) is -1.52. The number of nitrogens with one attached hydrogen (secondary N) is 2. The van der Waals surface area contributed by atoms with Crippen LogP contribution in [0.4, 0.5) is 10.1 Å². The number of primary sulfonamides is 1. The molecule has 2 aromatic carbocycles. The fraction of sp³-hybridized carbons (Fsp3) is 0.278. The van der Waals surface area contributed by atoms with Crippen molar-refractivity contribution in [1.29, 1.82) is 0 Å². The molecule has 2 aromatic rings. The van der Waals surface area contributed by atoms with E-state index in [1.54, 1.807) is 26.0 Å². The predicted molar refractivity (Wildman–Crippen MR) is 107 cm³/mol. The number of carbonyl (C=O) groups excluding carboxylic acids is 1. The molecule has 29 heavy (non-hydrogen) atoms. The van der Waals surface area contributed by atoms with E-state index in [1.807, 2.05) is 6.92 Å². The second kappa shape index (κ2) is 8.57. The molecule has 158 valence electrons. The molecule has 0 radical (unpaired) electrons. The van der Waals surface area contributed by atoms with E-state index in [9.17, 15) is 26.0 Å². The van der Waals surface area contributed by atoms with E-state index in [4.69, 9.17) is 5.14 Å². The molecule has 2 rings (SSSR count). The first-order chi connectivity index (χ1) is 13.3. The predicted octanol–water partition coefficient (Wildman–Crippen LogP) is 1.71. The lowest BCUT2D eigenvalue weighted by molar-refractivity contribution is -0.116. The summed E-state index contributed by atoms with van der Waals surface area (Å²) in [4.78, 5) is 11.7. The molecular weight excluding hydrogens is 421 g/mol. The van der Waals surface area contributed by atoms with Crippen LogP contribution in [0.1, 0.15) is 23.1 Å². The molecule has 0 unspecified atom stereocenters. The van der Waals surface area contributed by atoms with Crippen molar-refractivity contribution in [1.82, 2.24) is 4.72 Å². The fourth-order valence-electron chi connectivity index (χ4n) is 2.98. The maximum atomic E-state index is 13.5. The van der Waals surface area contributed by atoms with E-state index in [-0.39, 0.29) is 23.5 Å². The molecular formula is C18H22FN3O5S2. The number of aryl methyl sites for hydroxylation is 3. The molecule has 1 amide bonds. The number of amides is 1. The number of sulfonamides is 2. The quantitative estimate of drug-likeness (QED) is 0.599. The molecule has 0 saturated heterocycles. The number of carbonyl (C=O) groups is 1. The summed E-state index contributed by atoms with van der Waals surface area (Å²) in [6.45, 7) is 5.04. The fourth-order valence-corrected chi connectivity index (χ4v) is 5.03. The number of hydrogen-bond donors (Lipinski definition) is 3. The third kappa shape index (κ3) is 6.07. The van der Waals surface area contributed by atoms with Gasteiger partial charge in [0.05, 0.1) is 9.79 Å². The summed E-state index contributed by atoms with van der Waals surface area (Å²) < 4.78 is 63.7. The minimum atomic E-state index is -4.14. The molecule has 0 aromatic heterocycles. The summed E-state index contributed by atoms with van der Waals surface area (Å²) in [5.41, 5.74) is 2.02. The zero-order valence-corrected chi connectivity index (χ0v) is 17.7. The number of benzene rings is 2. The summed E-state index contributed by atoms with van der Waals surface area (Å²) in [5, 5.41) is 7.28. The molecule has 0 aliphatic carbocycles. The monoisotopic (exact) mass is 443 g/mol. The van der Waals surface area contributed by atoms with Gasteiger partial charge in [0.1, 0.15) is 5.82 Å². The van der Waals surface area contributed by atoms with Crippen LogP contribution in [0.5, 0.6) is 0 Å². The number of hydrogen-bond acceptors (Lipinski definition) is 5. The summed E-state index contributed by atoms with van der Waals surface area (Å²) >= 11 is 0. The topological polar surface area (TPSA) is 135 Å². The Labute approximate surface area is 169 Å². The molecule has 0 saturated carbocycles. The van der Waals surface area contributed by atoms with Gasteiger partial charge < -0.3 is 5.32 Å².